The summed E-state index contributed by atoms with van der Waals surface area (Å²) in [5, 5.41) is 8.14. The highest BCUT2D eigenvalue weighted by Crippen LogP contribution is 2.26. The minimum Gasteiger partial charge on any atom is -0.406 e. The molecule has 7 nitrogen and oxygen atoms in total. The van der Waals surface area contributed by atoms with E-state index in [1.807, 2.05) is 18.2 Å². The molecule has 1 aromatic carbocycles. The lowest BCUT2D eigenvalue weighted by atomic mass is 10.3. The molecule has 3 heterocycles. The van der Waals surface area contributed by atoms with Gasteiger partial charge in [-0.3, -0.25) is 9.67 Å². The zero-order valence-corrected chi connectivity index (χ0v) is 14.3. The second-order valence-electron chi connectivity index (χ2n) is 5.80. The summed E-state index contributed by atoms with van der Waals surface area (Å²) in [6, 6.07) is 11.0. The molecule has 0 saturated carbocycles. The monoisotopic (exact) mass is 386 g/mol. The fraction of sp³-hybridized carbons (Fsp3) is 0.111. The highest BCUT2D eigenvalue weighted by atomic mass is 19.4. The number of hydrogen-bond acceptors (Lipinski definition) is 6. The molecule has 3 aromatic heterocycles. The molecule has 10 heteroatoms. The van der Waals surface area contributed by atoms with Crippen molar-refractivity contribution in [2.45, 2.75) is 12.9 Å². The number of nitrogens with zero attached hydrogens (tertiary/aromatic N) is 5. The molecule has 0 amide bonds. The fourth-order valence-electron chi connectivity index (χ4n) is 2.60. The SMILES string of the molecule is FC(F)(F)Oc1ccc(Nc2ncnc3nn(Cc4ccccn4)cc23)cc1. The molecule has 0 spiro atoms. The van der Waals surface area contributed by atoms with Crippen LogP contribution in [0.2, 0.25) is 0 Å². The van der Waals surface area contributed by atoms with E-state index in [1.54, 1.807) is 17.1 Å². The second kappa shape index (κ2) is 7.14. The maximum Gasteiger partial charge on any atom is 0.573 e. The number of hydrogen-bond donors (Lipinski definition) is 1. The van der Waals surface area contributed by atoms with E-state index < -0.39 is 6.36 Å². The topological polar surface area (TPSA) is 77.8 Å². The molecule has 0 aliphatic heterocycles. The smallest absolute Gasteiger partial charge is 0.406 e. The minimum atomic E-state index is -4.73. The standard InChI is InChI=1S/C18H13F3N6O/c19-18(20,21)28-14-6-4-12(5-7-14)25-16-15-10-27(26-17(15)24-11-23-16)9-13-3-1-2-8-22-13/h1-8,10-11H,9H2,(H,23,24,25,26). The van der Waals surface area contributed by atoms with E-state index in [0.717, 1.165) is 5.69 Å². The molecule has 0 fully saturated rings. The minimum absolute atomic E-state index is 0.297. The number of anilines is 2. The van der Waals surface area contributed by atoms with Crippen molar-refractivity contribution in [1.82, 2.24) is 24.7 Å². The summed E-state index contributed by atoms with van der Waals surface area (Å²) in [5.74, 6) is 0.191. The van der Waals surface area contributed by atoms with Gasteiger partial charge in [-0.05, 0) is 36.4 Å². The van der Waals surface area contributed by atoms with Crippen molar-refractivity contribution in [3.8, 4) is 5.75 Å². The number of benzene rings is 1. The predicted molar refractivity (Wildman–Crippen MR) is 95.1 cm³/mol. The molecular formula is C18H13F3N6O. The van der Waals surface area contributed by atoms with E-state index in [1.165, 1.54) is 30.6 Å². The van der Waals surface area contributed by atoms with Crippen LogP contribution in [-0.2, 0) is 6.54 Å². The average Bonchev–Trinajstić information content (AvgIpc) is 3.06. The Labute approximate surface area is 156 Å². The van der Waals surface area contributed by atoms with Crippen LogP contribution in [0.15, 0.2) is 61.2 Å². The highest BCUT2D eigenvalue weighted by Gasteiger charge is 2.30. The number of aromatic nitrogens is 5. The van der Waals surface area contributed by atoms with Gasteiger partial charge in [-0.25, -0.2) is 9.97 Å². The summed E-state index contributed by atoms with van der Waals surface area (Å²) in [4.78, 5) is 12.6. The molecule has 0 unspecified atom stereocenters. The number of fused-ring (bicyclic) bond motifs is 1. The van der Waals surface area contributed by atoms with Gasteiger partial charge in [0.15, 0.2) is 5.65 Å². The first-order chi connectivity index (χ1) is 13.5. The Balaban J connectivity index is 1.55. The molecule has 0 atom stereocenters. The normalized spacial score (nSPS) is 11.5. The summed E-state index contributed by atoms with van der Waals surface area (Å²) in [6.07, 6.45) is 0.130. The van der Waals surface area contributed by atoms with Crippen molar-refractivity contribution in [3.05, 3.63) is 66.9 Å². The predicted octanol–water partition coefficient (Wildman–Crippen LogP) is 3.91. The lowest BCUT2D eigenvalue weighted by Gasteiger charge is -2.10. The van der Waals surface area contributed by atoms with E-state index in [9.17, 15) is 13.2 Å². The van der Waals surface area contributed by atoms with Crippen LogP contribution in [0, 0.1) is 0 Å². The van der Waals surface area contributed by atoms with Crippen LogP contribution in [0.1, 0.15) is 5.69 Å². The van der Waals surface area contributed by atoms with Crippen LogP contribution < -0.4 is 10.1 Å². The van der Waals surface area contributed by atoms with Crippen molar-refractivity contribution in [2.24, 2.45) is 0 Å². The largest absolute Gasteiger partial charge is 0.573 e. The molecular weight excluding hydrogens is 373 g/mol. The quantitative estimate of drug-likeness (QED) is 0.560. The van der Waals surface area contributed by atoms with Gasteiger partial charge >= 0.3 is 6.36 Å². The van der Waals surface area contributed by atoms with Crippen LogP contribution in [-0.4, -0.2) is 31.1 Å². The maximum atomic E-state index is 12.3. The summed E-state index contributed by atoms with van der Waals surface area (Å²) >= 11 is 0. The lowest BCUT2D eigenvalue weighted by Crippen LogP contribution is -2.16. The Bertz CT molecular complexity index is 1080. The number of pyridine rings is 1. The first-order valence-corrected chi connectivity index (χ1v) is 8.17. The Kier molecular flexibility index (Phi) is 4.52. The summed E-state index contributed by atoms with van der Waals surface area (Å²) in [7, 11) is 0. The second-order valence-corrected chi connectivity index (χ2v) is 5.80. The summed E-state index contributed by atoms with van der Waals surface area (Å²) in [6.45, 7) is 0.472. The zero-order valence-electron chi connectivity index (χ0n) is 14.3. The van der Waals surface area contributed by atoms with E-state index >= 15 is 0 Å². The first kappa shape index (κ1) is 17.7. The van der Waals surface area contributed by atoms with Gasteiger partial charge in [0.2, 0.25) is 0 Å². The fourth-order valence-corrected chi connectivity index (χ4v) is 2.60. The number of nitrogens with one attached hydrogen (secondary N) is 1. The maximum absolute atomic E-state index is 12.3. The molecule has 4 rings (SSSR count). The van der Waals surface area contributed by atoms with Crippen molar-refractivity contribution in [3.63, 3.8) is 0 Å². The van der Waals surface area contributed by atoms with Gasteiger partial charge < -0.3 is 10.1 Å². The molecule has 0 aliphatic carbocycles. The van der Waals surface area contributed by atoms with Gasteiger partial charge in [0.05, 0.1) is 17.6 Å². The van der Waals surface area contributed by atoms with Crippen molar-refractivity contribution in [1.29, 1.82) is 0 Å². The van der Waals surface area contributed by atoms with E-state index in [2.05, 4.69) is 30.1 Å². The van der Waals surface area contributed by atoms with E-state index in [0.29, 0.717) is 29.1 Å². The number of ether oxygens (including phenoxy) is 1. The molecule has 4 aromatic rings. The van der Waals surface area contributed by atoms with Gasteiger partial charge in [-0.15, -0.1) is 13.2 Å². The first-order valence-electron chi connectivity index (χ1n) is 8.17. The van der Waals surface area contributed by atoms with Crippen LogP contribution in [0.3, 0.4) is 0 Å². The van der Waals surface area contributed by atoms with Crippen molar-refractivity contribution < 1.29 is 17.9 Å². The Morgan fingerprint density at radius 2 is 1.82 bits per heavy atom. The average molecular weight is 386 g/mol. The van der Waals surface area contributed by atoms with Gasteiger partial charge in [-0.2, -0.15) is 5.10 Å². The molecule has 142 valence electrons. The number of rotatable bonds is 5. The van der Waals surface area contributed by atoms with Crippen molar-refractivity contribution in [2.75, 3.05) is 5.32 Å². The Morgan fingerprint density at radius 1 is 1.00 bits per heavy atom. The van der Waals surface area contributed by atoms with Gasteiger partial charge in [0.25, 0.3) is 0 Å². The molecule has 1 N–H and O–H groups in total. The Hall–Kier alpha value is -3.69. The van der Waals surface area contributed by atoms with E-state index in [-0.39, 0.29) is 5.75 Å². The van der Waals surface area contributed by atoms with Crippen LogP contribution >= 0.6 is 0 Å². The van der Waals surface area contributed by atoms with Crippen LogP contribution in [0.4, 0.5) is 24.7 Å². The van der Waals surface area contributed by atoms with Gasteiger partial charge in [-0.1, -0.05) is 6.07 Å². The van der Waals surface area contributed by atoms with E-state index in [4.69, 9.17) is 0 Å². The summed E-state index contributed by atoms with van der Waals surface area (Å²) < 4.78 is 42.3. The van der Waals surface area contributed by atoms with Gasteiger partial charge in [0.1, 0.15) is 17.9 Å². The third-order valence-electron chi connectivity index (χ3n) is 3.76. The summed E-state index contributed by atoms with van der Waals surface area (Å²) in [5.41, 5.74) is 1.88. The Morgan fingerprint density at radius 3 is 2.54 bits per heavy atom. The third kappa shape index (κ3) is 4.17. The van der Waals surface area contributed by atoms with Crippen LogP contribution in [0.25, 0.3) is 11.0 Å². The van der Waals surface area contributed by atoms with Crippen molar-refractivity contribution >= 4 is 22.5 Å². The molecule has 0 bridgehead atoms. The number of halogens is 3. The zero-order chi connectivity index (χ0) is 19.6. The molecule has 28 heavy (non-hydrogen) atoms. The molecule has 0 saturated heterocycles. The number of alkyl halides is 3. The molecule has 0 radical (unpaired) electrons. The lowest BCUT2D eigenvalue weighted by molar-refractivity contribution is -0.274. The van der Waals surface area contributed by atoms with Crippen LogP contribution in [0.5, 0.6) is 5.75 Å². The highest BCUT2D eigenvalue weighted by molar-refractivity contribution is 5.87. The molecule has 0 aliphatic rings. The van der Waals surface area contributed by atoms with Gasteiger partial charge in [0, 0.05) is 18.1 Å². The third-order valence-corrected chi connectivity index (χ3v) is 3.76.